The van der Waals surface area contributed by atoms with Crippen molar-refractivity contribution in [2.45, 2.75) is 0 Å². The lowest BCUT2D eigenvalue weighted by atomic mass is 9.83. The molecule has 44 heavy (non-hydrogen) atoms. The van der Waals surface area contributed by atoms with Crippen LogP contribution in [0.15, 0.2) is 140 Å². The van der Waals surface area contributed by atoms with E-state index < -0.39 is 0 Å². The van der Waals surface area contributed by atoms with Crippen LogP contribution in [-0.4, -0.2) is 19.2 Å². The van der Waals surface area contributed by atoms with Crippen molar-refractivity contribution < 1.29 is 9.47 Å². The quantitative estimate of drug-likeness (QED) is 0.153. The first-order valence-electron chi connectivity index (χ1n) is 14.8. The van der Waals surface area contributed by atoms with Crippen LogP contribution in [-0.2, 0) is 0 Å². The number of fused-ring (bicyclic) bond motifs is 5. The molecular weight excluding hydrogens is 538 g/mol. The van der Waals surface area contributed by atoms with Crippen molar-refractivity contribution in [3.05, 3.63) is 140 Å². The lowest BCUT2D eigenvalue weighted by Gasteiger charge is -2.20. The van der Waals surface area contributed by atoms with E-state index in [9.17, 15) is 0 Å². The molecule has 0 spiro atoms. The van der Waals surface area contributed by atoms with Crippen LogP contribution in [0.4, 0.5) is 0 Å². The molecule has 0 aliphatic carbocycles. The number of nitrogens with zero attached hydrogens (tertiary/aromatic N) is 1. The highest BCUT2D eigenvalue weighted by molar-refractivity contribution is 6.27. The van der Waals surface area contributed by atoms with Gasteiger partial charge in [0.2, 0.25) is 0 Å². The summed E-state index contributed by atoms with van der Waals surface area (Å²) in [7, 11) is 3.45. The van der Waals surface area contributed by atoms with E-state index in [2.05, 4.69) is 114 Å². The molecule has 210 valence electrons. The first-order valence-corrected chi connectivity index (χ1v) is 14.8. The summed E-state index contributed by atoms with van der Waals surface area (Å²) in [5.41, 5.74) is 6.88. The van der Waals surface area contributed by atoms with Gasteiger partial charge in [-0.1, -0.05) is 78.9 Å². The topological polar surface area (TPSA) is 31.4 Å². The highest BCUT2D eigenvalue weighted by atomic mass is 16.5. The van der Waals surface area contributed by atoms with E-state index in [1.54, 1.807) is 14.2 Å². The Morgan fingerprint density at radius 3 is 1.59 bits per heavy atom. The summed E-state index contributed by atoms with van der Waals surface area (Å²) in [5.74, 6) is 1.67. The average molecular weight is 568 g/mol. The number of methoxy groups -OCH3 is 2. The SMILES string of the molecule is COc1cccc(-c2c3ccccc3c(-c3cccc(OC)c3)c3cc4c(cc23)c(-c2cccnc2)cc2ccccc24)c1. The van der Waals surface area contributed by atoms with Gasteiger partial charge in [-0.25, -0.2) is 0 Å². The van der Waals surface area contributed by atoms with Gasteiger partial charge in [0.05, 0.1) is 14.2 Å². The van der Waals surface area contributed by atoms with Crippen molar-refractivity contribution in [2.24, 2.45) is 0 Å². The summed E-state index contributed by atoms with van der Waals surface area (Å²) in [6.45, 7) is 0. The Morgan fingerprint density at radius 1 is 0.432 bits per heavy atom. The number of rotatable bonds is 5. The molecule has 1 heterocycles. The predicted molar refractivity (Wildman–Crippen MR) is 184 cm³/mol. The fourth-order valence-corrected chi connectivity index (χ4v) is 6.71. The van der Waals surface area contributed by atoms with Crippen LogP contribution >= 0.6 is 0 Å². The minimum atomic E-state index is 0.833. The van der Waals surface area contributed by atoms with E-state index in [1.807, 2.05) is 30.6 Å². The molecular formula is C41H29NO2. The fourth-order valence-electron chi connectivity index (χ4n) is 6.71. The zero-order chi connectivity index (χ0) is 29.6. The minimum absolute atomic E-state index is 0.833. The fraction of sp³-hybridized carbons (Fsp3) is 0.0488. The van der Waals surface area contributed by atoms with E-state index in [1.165, 1.54) is 59.8 Å². The minimum Gasteiger partial charge on any atom is -0.497 e. The summed E-state index contributed by atoms with van der Waals surface area (Å²) < 4.78 is 11.4. The number of hydrogen-bond acceptors (Lipinski definition) is 3. The maximum atomic E-state index is 5.69. The van der Waals surface area contributed by atoms with Crippen LogP contribution in [0.5, 0.6) is 11.5 Å². The van der Waals surface area contributed by atoms with Gasteiger partial charge in [-0.3, -0.25) is 4.98 Å². The van der Waals surface area contributed by atoms with Crippen LogP contribution in [0.1, 0.15) is 0 Å². The van der Waals surface area contributed by atoms with E-state index in [0.717, 1.165) is 28.2 Å². The Balaban J connectivity index is 1.63. The van der Waals surface area contributed by atoms with Crippen LogP contribution < -0.4 is 9.47 Å². The number of hydrogen-bond donors (Lipinski definition) is 0. The Kier molecular flexibility index (Phi) is 6.23. The molecule has 8 aromatic rings. The van der Waals surface area contributed by atoms with Crippen molar-refractivity contribution >= 4 is 43.1 Å². The molecule has 0 radical (unpaired) electrons. The second-order valence-electron chi connectivity index (χ2n) is 11.1. The summed E-state index contributed by atoms with van der Waals surface area (Å²) in [6.07, 6.45) is 3.79. The Bertz CT molecular complexity index is 2360. The first-order chi connectivity index (χ1) is 21.7. The number of aromatic nitrogens is 1. The van der Waals surface area contributed by atoms with Crippen molar-refractivity contribution in [3.63, 3.8) is 0 Å². The van der Waals surface area contributed by atoms with Crippen molar-refractivity contribution in [1.82, 2.24) is 4.98 Å². The van der Waals surface area contributed by atoms with E-state index in [4.69, 9.17) is 9.47 Å². The van der Waals surface area contributed by atoms with Crippen LogP contribution in [0.3, 0.4) is 0 Å². The molecule has 0 N–H and O–H groups in total. The van der Waals surface area contributed by atoms with Crippen LogP contribution in [0.2, 0.25) is 0 Å². The standard InChI is InChI=1S/C41H29NO2/c1-43-30-14-7-11-27(20-30)40-33-17-5-6-18-34(33)41(28-12-8-15-31(21-28)44-2)39-24-37-35(29-13-9-19-42-25-29)22-26-10-3-4-16-32(26)36(37)23-38(39)40/h3-25H,1-2H3. The third-order valence-electron chi connectivity index (χ3n) is 8.69. The molecule has 0 bridgehead atoms. The molecule has 0 unspecified atom stereocenters. The molecule has 0 saturated heterocycles. The van der Waals surface area contributed by atoms with Crippen LogP contribution in [0, 0.1) is 0 Å². The normalized spacial score (nSPS) is 11.4. The van der Waals surface area contributed by atoms with E-state index >= 15 is 0 Å². The summed E-state index contributed by atoms with van der Waals surface area (Å²) in [4.78, 5) is 4.48. The summed E-state index contributed by atoms with van der Waals surface area (Å²) in [5, 5.41) is 9.59. The molecule has 0 aliphatic heterocycles. The summed E-state index contributed by atoms with van der Waals surface area (Å²) >= 11 is 0. The number of ether oxygens (including phenoxy) is 2. The lowest BCUT2D eigenvalue weighted by Crippen LogP contribution is -1.94. The van der Waals surface area contributed by atoms with E-state index in [0.29, 0.717) is 0 Å². The van der Waals surface area contributed by atoms with Gasteiger partial charge in [0.25, 0.3) is 0 Å². The van der Waals surface area contributed by atoms with Crippen molar-refractivity contribution in [1.29, 1.82) is 0 Å². The lowest BCUT2D eigenvalue weighted by molar-refractivity contribution is 0.415. The number of pyridine rings is 1. The maximum absolute atomic E-state index is 5.69. The summed E-state index contributed by atoms with van der Waals surface area (Å²) in [6, 6.07) is 45.4. The van der Waals surface area contributed by atoms with Gasteiger partial charge in [-0.15, -0.1) is 0 Å². The first kappa shape index (κ1) is 26.0. The van der Waals surface area contributed by atoms with Crippen molar-refractivity contribution in [2.75, 3.05) is 14.2 Å². The molecule has 8 rings (SSSR count). The molecule has 0 saturated carbocycles. The molecule has 0 amide bonds. The molecule has 1 aromatic heterocycles. The Morgan fingerprint density at radius 2 is 1.00 bits per heavy atom. The molecule has 0 aliphatic rings. The zero-order valence-corrected chi connectivity index (χ0v) is 24.5. The van der Waals surface area contributed by atoms with Gasteiger partial charge in [0, 0.05) is 18.0 Å². The van der Waals surface area contributed by atoms with Gasteiger partial charge in [-0.05, 0) is 119 Å². The smallest absolute Gasteiger partial charge is 0.119 e. The third-order valence-corrected chi connectivity index (χ3v) is 8.69. The molecule has 3 heteroatoms. The van der Waals surface area contributed by atoms with Gasteiger partial charge in [0.15, 0.2) is 0 Å². The van der Waals surface area contributed by atoms with Gasteiger partial charge >= 0.3 is 0 Å². The van der Waals surface area contributed by atoms with Crippen molar-refractivity contribution in [3.8, 4) is 44.9 Å². The Hall–Kier alpha value is -5.67. The predicted octanol–water partition coefficient (Wildman–Crippen LogP) is 10.7. The highest BCUT2D eigenvalue weighted by Gasteiger charge is 2.20. The average Bonchev–Trinajstić information content (AvgIpc) is 3.09. The van der Waals surface area contributed by atoms with E-state index in [-0.39, 0.29) is 0 Å². The second kappa shape index (κ2) is 10.6. The van der Waals surface area contributed by atoms with Gasteiger partial charge in [0.1, 0.15) is 11.5 Å². The molecule has 3 nitrogen and oxygen atoms in total. The Labute approximate surface area is 256 Å². The zero-order valence-electron chi connectivity index (χ0n) is 24.5. The van der Waals surface area contributed by atoms with Crippen LogP contribution in [0.25, 0.3) is 76.5 Å². The molecule has 0 atom stereocenters. The largest absolute Gasteiger partial charge is 0.497 e. The highest BCUT2D eigenvalue weighted by Crippen LogP contribution is 2.47. The number of benzene rings is 7. The molecule has 7 aromatic carbocycles. The molecule has 0 fully saturated rings. The maximum Gasteiger partial charge on any atom is 0.119 e. The van der Waals surface area contributed by atoms with Gasteiger partial charge < -0.3 is 9.47 Å². The van der Waals surface area contributed by atoms with Gasteiger partial charge in [-0.2, -0.15) is 0 Å². The monoisotopic (exact) mass is 567 g/mol. The second-order valence-corrected chi connectivity index (χ2v) is 11.1. The third kappa shape index (κ3) is 4.17.